The van der Waals surface area contributed by atoms with Crippen molar-refractivity contribution in [2.45, 2.75) is 51.9 Å². The molecule has 0 aromatic rings. The molecule has 2 rings (SSSR count). The summed E-state index contributed by atoms with van der Waals surface area (Å²) in [7, 11) is 0. The van der Waals surface area contributed by atoms with Crippen LogP contribution in [0.5, 0.6) is 0 Å². The molecule has 0 unspecified atom stereocenters. The van der Waals surface area contributed by atoms with Crippen molar-refractivity contribution < 1.29 is 9.53 Å². The molecule has 2 nitrogen and oxygen atoms in total. The van der Waals surface area contributed by atoms with Crippen LogP contribution in [0.25, 0.3) is 0 Å². The van der Waals surface area contributed by atoms with Gasteiger partial charge in [0.2, 0.25) is 0 Å². The number of esters is 1. The molecular formula is C13H20O2. The Bertz CT molecular complexity index is 272. The molecule has 0 bridgehead atoms. The van der Waals surface area contributed by atoms with Crippen LogP contribution >= 0.6 is 0 Å². The van der Waals surface area contributed by atoms with E-state index in [1.54, 1.807) is 0 Å². The Morgan fingerprint density at radius 3 is 2.67 bits per heavy atom. The zero-order valence-corrected chi connectivity index (χ0v) is 9.55. The smallest absolute Gasteiger partial charge is 0.333 e. The Labute approximate surface area is 91.7 Å². The molecule has 0 atom stereocenters. The van der Waals surface area contributed by atoms with Gasteiger partial charge in [-0.25, -0.2) is 4.79 Å². The topological polar surface area (TPSA) is 26.3 Å². The molecule has 84 valence electrons. The third-order valence-electron chi connectivity index (χ3n) is 3.91. The maximum absolute atomic E-state index is 11.5. The van der Waals surface area contributed by atoms with Gasteiger partial charge < -0.3 is 4.74 Å². The first-order valence-electron chi connectivity index (χ1n) is 6.12. The largest absolute Gasteiger partial charge is 0.463 e. The molecule has 0 heterocycles. The molecule has 0 amide bonds. The van der Waals surface area contributed by atoms with Crippen molar-refractivity contribution in [2.24, 2.45) is 5.41 Å². The number of carbonyl (C=O) groups excluding carboxylic acids is 1. The molecule has 1 spiro atoms. The van der Waals surface area contributed by atoms with Crippen LogP contribution in [0, 0.1) is 5.41 Å². The second kappa shape index (κ2) is 4.38. The van der Waals surface area contributed by atoms with Crippen molar-refractivity contribution in [2.75, 3.05) is 6.61 Å². The van der Waals surface area contributed by atoms with Gasteiger partial charge in [-0.3, -0.25) is 0 Å². The van der Waals surface area contributed by atoms with Gasteiger partial charge in [0.15, 0.2) is 0 Å². The van der Waals surface area contributed by atoms with E-state index in [-0.39, 0.29) is 5.97 Å². The van der Waals surface area contributed by atoms with Crippen molar-refractivity contribution in [3.05, 3.63) is 11.6 Å². The van der Waals surface area contributed by atoms with E-state index in [0.717, 1.165) is 18.4 Å². The predicted molar refractivity (Wildman–Crippen MR) is 59.5 cm³/mol. The molecule has 0 radical (unpaired) electrons. The predicted octanol–water partition coefficient (Wildman–Crippen LogP) is 3.22. The second-order valence-corrected chi connectivity index (χ2v) is 4.86. The molecule has 0 aromatic carbocycles. The molecular weight excluding hydrogens is 188 g/mol. The summed E-state index contributed by atoms with van der Waals surface area (Å²) in [6, 6.07) is 0. The number of hydrogen-bond acceptors (Lipinski definition) is 2. The van der Waals surface area contributed by atoms with E-state index < -0.39 is 0 Å². The van der Waals surface area contributed by atoms with Crippen LogP contribution in [0.4, 0.5) is 0 Å². The standard InChI is InChI=1S/C13H20O2/c1-2-15-12(14)11-5-9-13(10-6-11)7-3-4-8-13/h5H,2-4,6-10H2,1H3. The van der Waals surface area contributed by atoms with Gasteiger partial charge >= 0.3 is 5.97 Å². The summed E-state index contributed by atoms with van der Waals surface area (Å²) in [5.41, 5.74) is 1.46. The molecule has 0 aliphatic heterocycles. The van der Waals surface area contributed by atoms with Crippen LogP contribution in [-0.2, 0) is 9.53 Å². The quantitative estimate of drug-likeness (QED) is 0.651. The van der Waals surface area contributed by atoms with Gasteiger partial charge in [-0.2, -0.15) is 0 Å². The SMILES string of the molecule is CCOC(=O)C1=CCC2(CCCC2)CC1. The summed E-state index contributed by atoms with van der Waals surface area (Å²) in [5, 5.41) is 0. The highest BCUT2D eigenvalue weighted by atomic mass is 16.5. The van der Waals surface area contributed by atoms with Gasteiger partial charge in [0.25, 0.3) is 0 Å². The zero-order chi connectivity index (χ0) is 10.7. The van der Waals surface area contributed by atoms with Gasteiger partial charge in [-0.15, -0.1) is 0 Å². The van der Waals surface area contributed by atoms with Crippen molar-refractivity contribution in [3.63, 3.8) is 0 Å². The molecule has 2 aliphatic carbocycles. The van der Waals surface area contributed by atoms with Crippen molar-refractivity contribution in [1.82, 2.24) is 0 Å². The molecule has 15 heavy (non-hydrogen) atoms. The summed E-state index contributed by atoms with van der Waals surface area (Å²) in [5.74, 6) is -0.0923. The molecule has 1 fully saturated rings. The number of allylic oxidation sites excluding steroid dienone is 1. The second-order valence-electron chi connectivity index (χ2n) is 4.86. The minimum absolute atomic E-state index is 0.0923. The van der Waals surface area contributed by atoms with E-state index in [4.69, 9.17) is 4.74 Å². The fourth-order valence-electron chi connectivity index (χ4n) is 2.93. The monoisotopic (exact) mass is 208 g/mol. The third-order valence-corrected chi connectivity index (χ3v) is 3.91. The van der Waals surface area contributed by atoms with E-state index in [1.165, 1.54) is 32.1 Å². The van der Waals surface area contributed by atoms with Crippen LogP contribution < -0.4 is 0 Å². The number of rotatable bonds is 2. The fourth-order valence-corrected chi connectivity index (χ4v) is 2.93. The summed E-state index contributed by atoms with van der Waals surface area (Å²) in [6.07, 6.45) is 10.8. The lowest BCUT2D eigenvalue weighted by atomic mass is 9.74. The fraction of sp³-hybridized carbons (Fsp3) is 0.769. The van der Waals surface area contributed by atoms with Crippen molar-refractivity contribution in [3.8, 4) is 0 Å². The minimum Gasteiger partial charge on any atom is -0.463 e. The van der Waals surface area contributed by atoms with Crippen LogP contribution in [-0.4, -0.2) is 12.6 Å². The van der Waals surface area contributed by atoms with Gasteiger partial charge in [0.1, 0.15) is 0 Å². The molecule has 1 saturated carbocycles. The summed E-state index contributed by atoms with van der Waals surface area (Å²) in [4.78, 5) is 11.5. The zero-order valence-electron chi connectivity index (χ0n) is 9.55. The average molecular weight is 208 g/mol. The number of ether oxygens (including phenoxy) is 1. The highest BCUT2D eigenvalue weighted by Gasteiger charge is 2.35. The number of carbonyl (C=O) groups is 1. The van der Waals surface area contributed by atoms with Crippen LogP contribution in [0.2, 0.25) is 0 Å². The number of hydrogen-bond donors (Lipinski definition) is 0. The van der Waals surface area contributed by atoms with Crippen molar-refractivity contribution >= 4 is 5.97 Å². The van der Waals surface area contributed by atoms with Crippen LogP contribution in [0.1, 0.15) is 51.9 Å². The highest BCUT2D eigenvalue weighted by Crippen LogP contribution is 2.48. The van der Waals surface area contributed by atoms with Gasteiger partial charge in [0.05, 0.1) is 6.61 Å². The Balaban J connectivity index is 1.96. The summed E-state index contributed by atoms with van der Waals surface area (Å²) in [6.45, 7) is 2.35. The van der Waals surface area contributed by atoms with E-state index in [2.05, 4.69) is 6.08 Å². The van der Waals surface area contributed by atoms with E-state index in [0.29, 0.717) is 12.0 Å². The molecule has 0 saturated heterocycles. The molecule has 2 heteroatoms. The summed E-state index contributed by atoms with van der Waals surface area (Å²) < 4.78 is 5.03. The lowest BCUT2D eigenvalue weighted by Crippen LogP contribution is -2.22. The Morgan fingerprint density at radius 2 is 2.13 bits per heavy atom. The highest BCUT2D eigenvalue weighted by molar-refractivity contribution is 5.88. The van der Waals surface area contributed by atoms with Crippen molar-refractivity contribution in [1.29, 1.82) is 0 Å². The molecule has 0 N–H and O–H groups in total. The first kappa shape index (κ1) is 10.7. The Kier molecular flexibility index (Phi) is 3.13. The molecule has 2 aliphatic rings. The first-order chi connectivity index (χ1) is 7.26. The maximum atomic E-state index is 11.5. The summed E-state index contributed by atoms with van der Waals surface area (Å²) >= 11 is 0. The van der Waals surface area contributed by atoms with E-state index in [9.17, 15) is 4.79 Å². The van der Waals surface area contributed by atoms with E-state index in [1.807, 2.05) is 6.92 Å². The lowest BCUT2D eigenvalue weighted by Gasteiger charge is -2.31. The van der Waals surface area contributed by atoms with Gasteiger partial charge in [-0.1, -0.05) is 18.9 Å². The minimum atomic E-state index is -0.0923. The first-order valence-corrected chi connectivity index (χ1v) is 6.12. The van der Waals surface area contributed by atoms with Gasteiger partial charge in [-0.05, 0) is 44.4 Å². The lowest BCUT2D eigenvalue weighted by molar-refractivity contribution is -0.138. The van der Waals surface area contributed by atoms with Crippen LogP contribution in [0.15, 0.2) is 11.6 Å². The third kappa shape index (κ3) is 2.24. The normalized spacial score (nSPS) is 23.9. The van der Waals surface area contributed by atoms with Crippen LogP contribution in [0.3, 0.4) is 0 Å². The molecule has 0 aromatic heterocycles. The van der Waals surface area contributed by atoms with Gasteiger partial charge in [0, 0.05) is 5.57 Å². The Morgan fingerprint density at radius 1 is 1.40 bits per heavy atom. The average Bonchev–Trinajstić information content (AvgIpc) is 2.68. The maximum Gasteiger partial charge on any atom is 0.333 e. The Hall–Kier alpha value is -0.790. The van der Waals surface area contributed by atoms with E-state index >= 15 is 0 Å².